The van der Waals surface area contributed by atoms with Crippen molar-refractivity contribution in [1.29, 1.82) is 0 Å². The zero-order valence-corrected chi connectivity index (χ0v) is 17.9. The number of ether oxygens (including phenoxy) is 1. The number of hydrogen-bond donors (Lipinski definition) is 1. The second kappa shape index (κ2) is 8.36. The first kappa shape index (κ1) is 20.1. The summed E-state index contributed by atoms with van der Waals surface area (Å²) >= 11 is 0. The number of nitrogens with one attached hydrogen (secondary N) is 1. The van der Waals surface area contributed by atoms with Gasteiger partial charge in [-0.25, -0.2) is 15.0 Å². The van der Waals surface area contributed by atoms with Crippen LogP contribution in [-0.4, -0.2) is 58.1 Å². The monoisotopic (exact) mass is 421 g/mol. The number of carbonyl (C=O) groups is 1. The van der Waals surface area contributed by atoms with Crippen LogP contribution in [0.2, 0.25) is 0 Å². The van der Waals surface area contributed by atoms with Gasteiger partial charge in [-0.05, 0) is 38.8 Å². The summed E-state index contributed by atoms with van der Waals surface area (Å²) in [5.41, 5.74) is 1.65. The number of nitrogens with zero attached hydrogens (tertiary/aromatic N) is 4. The summed E-state index contributed by atoms with van der Waals surface area (Å²) in [5.74, 6) is 1.67. The molecule has 2 aliphatic rings. The van der Waals surface area contributed by atoms with E-state index >= 15 is 0 Å². The van der Waals surface area contributed by atoms with E-state index in [0.717, 1.165) is 55.4 Å². The molecule has 8 heteroatoms. The fraction of sp³-hybridized carbons (Fsp3) is 0.478. The lowest BCUT2D eigenvalue weighted by Crippen LogP contribution is -2.52. The van der Waals surface area contributed by atoms with Gasteiger partial charge in [-0.15, -0.1) is 0 Å². The molecule has 0 spiro atoms. The summed E-state index contributed by atoms with van der Waals surface area (Å²) in [6.07, 6.45) is 7.27. The Balaban J connectivity index is 1.24. The molecule has 8 nitrogen and oxygen atoms in total. The predicted molar refractivity (Wildman–Crippen MR) is 117 cm³/mol. The van der Waals surface area contributed by atoms with E-state index in [1.54, 1.807) is 12.4 Å². The number of fused-ring (bicyclic) bond motifs is 1. The normalized spacial score (nSPS) is 21.9. The van der Waals surface area contributed by atoms with Crippen LogP contribution < -0.4 is 5.32 Å². The third-order valence-electron chi connectivity index (χ3n) is 6.56. The zero-order chi connectivity index (χ0) is 21.4. The lowest BCUT2D eigenvalue weighted by molar-refractivity contribution is -0.121. The highest BCUT2D eigenvalue weighted by molar-refractivity contribution is 5.92. The van der Waals surface area contributed by atoms with Gasteiger partial charge < -0.3 is 9.15 Å². The molecule has 31 heavy (non-hydrogen) atoms. The van der Waals surface area contributed by atoms with Gasteiger partial charge in [0.25, 0.3) is 0 Å². The molecule has 1 N–H and O–H groups in total. The van der Waals surface area contributed by atoms with Crippen molar-refractivity contribution in [2.24, 2.45) is 5.92 Å². The standard InChI is InChI=1S/C23H27N5O3/c1-14-24-11-21(31-14)16-3-4-17-10-25-23(26-20(17)9-16)27-22(29)15-5-7-18(8-6-15)28(2)19-12-30-13-19/h3-4,9-11,15,18-19H,5-8,12-13H2,1-2H3,(H,25,26,27,29). The van der Waals surface area contributed by atoms with E-state index in [4.69, 9.17) is 9.15 Å². The van der Waals surface area contributed by atoms with Gasteiger partial charge in [0.05, 0.1) is 31.0 Å². The van der Waals surface area contributed by atoms with Crippen molar-refractivity contribution in [3.05, 3.63) is 36.5 Å². The maximum Gasteiger partial charge on any atom is 0.229 e. The molecule has 0 atom stereocenters. The Morgan fingerprint density at radius 1 is 1.10 bits per heavy atom. The molecule has 0 radical (unpaired) electrons. The number of oxazole rings is 1. The minimum absolute atomic E-state index is 0.00471. The van der Waals surface area contributed by atoms with Crippen molar-refractivity contribution in [3.8, 4) is 11.3 Å². The Morgan fingerprint density at radius 2 is 1.90 bits per heavy atom. The molecule has 5 rings (SSSR count). The number of rotatable bonds is 5. The van der Waals surface area contributed by atoms with E-state index in [-0.39, 0.29) is 11.8 Å². The van der Waals surface area contributed by atoms with Crippen LogP contribution in [0.15, 0.2) is 35.0 Å². The number of likely N-dealkylation sites (N-methyl/N-ethyl adjacent to an activating group) is 1. The molecular formula is C23H27N5O3. The molecule has 1 saturated heterocycles. The number of aryl methyl sites for hydroxylation is 1. The van der Waals surface area contributed by atoms with Crippen molar-refractivity contribution in [2.45, 2.75) is 44.7 Å². The summed E-state index contributed by atoms with van der Waals surface area (Å²) in [7, 11) is 2.18. The van der Waals surface area contributed by atoms with E-state index in [2.05, 4.69) is 32.2 Å². The SMILES string of the molecule is Cc1ncc(-c2ccc3cnc(NC(=O)C4CCC(N(C)C5COC5)CC4)nc3c2)o1. The molecule has 0 unspecified atom stereocenters. The molecule has 1 aliphatic carbocycles. The number of aromatic nitrogens is 3. The highest BCUT2D eigenvalue weighted by Gasteiger charge is 2.33. The minimum atomic E-state index is 0.00471. The van der Waals surface area contributed by atoms with E-state index in [1.807, 2.05) is 25.1 Å². The zero-order valence-electron chi connectivity index (χ0n) is 17.9. The van der Waals surface area contributed by atoms with Crippen molar-refractivity contribution in [2.75, 3.05) is 25.6 Å². The second-order valence-electron chi connectivity index (χ2n) is 8.56. The molecule has 162 valence electrons. The Morgan fingerprint density at radius 3 is 2.58 bits per heavy atom. The van der Waals surface area contributed by atoms with Crippen molar-refractivity contribution in [1.82, 2.24) is 19.9 Å². The number of carbonyl (C=O) groups excluding carboxylic acids is 1. The summed E-state index contributed by atoms with van der Waals surface area (Å²) in [6.45, 7) is 3.47. The average Bonchev–Trinajstić information content (AvgIpc) is 3.18. The Bertz CT molecular complexity index is 1090. The third-order valence-corrected chi connectivity index (χ3v) is 6.56. The largest absolute Gasteiger partial charge is 0.441 e. The third kappa shape index (κ3) is 4.18. The predicted octanol–water partition coefficient (Wildman–Crippen LogP) is 3.42. The van der Waals surface area contributed by atoms with Crippen molar-refractivity contribution < 1.29 is 13.9 Å². The topological polar surface area (TPSA) is 93.4 Å². The maximum absolute atomic E-state index is 12.8. The minimum Gasteiger partial charge on any atom is -0.441 e. The number of anilines is 1. The van der Waals surface area contributed by atoms with Gasteiger partial charge in [0.1, 0.15) is 0 Å². The molecule has 1 saturated carbocycles. The molecular weight excluding hydrogens is 394 g/mol. The van der Waals surface area contributed by atoms with Gasteiger partial charge in [0, 0.05) is 36.0 Å². The average molecular weight is 422 g/mol. The molecule has 1 aromatic carbocycles. The van der Waals surface area contributed by atoms with Crippen LogP contribution in [0.1, 0.15) is 31.6 Å². The van der Waals surface area contributed by atoms with Crippen LogP contribution in [-0.2, 0) is 9.53 Å². The maximum atomic E-state index is 12.8. The van der Waals surface area contributed by atoms with E-state index in [9.17, 15) is 4.79 Å². The number of amides is 1. The van der Waals surface area contributed by atoms with Crippen LogP contribution in [0.3, 0.4) is 0 Å². The fourth-order valence-electron chi connectivity index (χ4n) is 4.45. The first-order valence-corrected chi connectivity index (χ1v) is 10.9. The summed E-state index contributed by atoms with van der Waals surface area (Å²) in [4.78, 5) is 28.3. The summed E-state index contributed by atoms with van der Waals surface area (Å²) < 4.78 is 10.9. The molecule has 2 aromatic heterocycles. The van der Waals surface area contributed by atoms with Crippen LogP contribution in [0.4, 0.5) is 5.95 Å². The van der Waals surface area contributed by atoms with Crippen molar-refractivity contribution >= 4 is 22.8 Å². The highest BCUT2D eigenvalue weighted by Crippen LogP contribution is 2.30. The first-order chi connectivity index (χ1) is 15.1. The Kier molecular flexibility index (Phi) is 5.41. The van der Waals surface area contributed by atoms with Gasteiger partial charge in [-0.3, -0.25) is 15.0 Å². The van der Waals surface area contributed by atoms with E-state index in [1.165, 1.54) is 0 Å². The van der Waals surface area contributed by atoms with Crippen LogP contribution >= 0.6 is 0 Å². The summed E-state index contributed by atoms with van der Waals surface area (Å²) in [6, 6.07) is 6.89. The van der Waals surface area contributed by atoms with Gasteiger partial charge in [-0.1, -0.05) is 12.1 Å². The van der Waals surface area contributed by atoms with E-state index < -0.39 is 0 Å². The second-order valence-corrected chi connectivity index (χ2v) is 8.56. The molecule has 1 aliphatic heterocycles. The van der Waals surface area contributed by atoms with Gasteiger partial charge in [-0.2, -0.15) is 0 Å². The van der Waals surface area contributed by atoms with Gasteiger partial charge >= 0.3 is 0 Å². The number of benzene rings is 1. The molecule has 0 bridgehead atoms. The molecule has 2 fully saturated rings. The van der Waals surface area contributed by atoms with Gasteiger partial charge in [0.15, 0.2) is 11.7 Å². The quantitative estimate of drug-likeness (QED) is 0.675. The van der Waals surface area contributed by atoms with Crippen molar-refractivity contribution in [3.63, 3.8) is 0 Å². The fourth-order valence-corrected chi connectivity index (χ4v) is 4.45. The number of hydrogen-bond acceptors (Lipinski definition) is 7. The highest BCUT2D eigenvalue weighted by atomic mass is 16.5. The Labute approximate surface area is 181 Å². The van der Waals surface area contributed by atoms with Gasteiger partial charge in [0.2, 0.25) is 11.9 Å². The lowest BCUT2D eigenvalue weighted by Gasteiger charge is -2.42. The molecule has 3 aromatic rings. The lowest BCUT2D eigenvalue weighted by atomic mass is 9.84. The molecule has 3 heterocycles. The smallest absolute Gasteiger partial charge is 0.229 e. The van der Waals surface area contributed by atoms with Crippen LogP contribution in [0.25, 0.3) is 22.2 Å². The first-order valence-electron chi connectivity index (χ1n) is 10.9. The summed E-state index contributed by atoms with van der Waals surface area (Å²) in [5, 5.41) is 3.83. The van der Waals surface area contributed by atoms with Crippen LogP contribution in [0.5, 0.6) is 0 Å². The van der Waals surface area contributed by atoms with Crippen LogP contribution in [0, 0.1) is 12.8 Å². The Hall–Kier alpha value is -2.84. The molecule has 1 amide bonds. The van der Waals surface area contributed by atoms with E-state index in [0.29, 0.717) is 29.7 Å².